The Bertz CT molecular complexity index is 3940. The van der Waals surface area contributed by atoms with Gasteiger partial charge in [-0.1, -0.05) is 0 Å². The van der Waals surface area contributed by atoms with Crippen LogP contribution < -0.4 is 0 Å². The van der Waals surface area contributed by atoms with Crippen LogP contribution >= 0.6 is 0 Å². The molecule has 28 N–H and O–H groups in total. The van der Waals surface area contributed by atoms with Crippen molar-refractivity contribution in [3.05, 3.63) is 0 Å². The van der Waals surface area contributed by atoms with Crippen molar-refractivity contribution in [1.29, 1.82) is 0 Å². The summed E-state index contributed by atoms with van der Waals surface area (Å²) in [5.41, 5.74) is -14.2. The quantitative estimate of drug-likeness (QED) is 0.0663. The number of hydrogen-bond acceptors (Lipinski definition) is 29. The van der Waals surface area contributed by atoms with Crippen LogP contribution in [0.4, 0.5) is 0 Å². The molecule has 0 spiro atoms. The van der Waals surface area contributed by atoms with Crippen molar-refractivity contribution in [2.45, 2.75) is 0 Å². The number of hydrogen-bond donors (Lipinski definition) is 28. The molecule has 0 bridgehead atoms. The van der Waals surface area contributed by atoms with Crippen LogP contribution in [-0.2, 0) is 0 Å². The van der Waals surface area contributed by atoms with Crippen molar-refractivity contribution < 1.29 is 147 Å². The maximum atomic E-state index is 11.9. The first kappa shape index (κ1) is 46.6. The van der Waals surface area contributed by atoms with Gasteiger partial charge < -0.3 is 147 Å². The zero-order valence-electron chi connectivity index (χ0n) is 34.9. The zero-order chi connectivity index (χ0) is 54.1. The minimum atomic E-state index is -1.95. The van der Waals surface area contributed by atoms with Gasteiger partial charge in [0.2, 0.25) is 69.0 Å². The molecule has 0 saturated heterocycles. The van der Waals surface area contributed by atoms with Crippen LogP contribution in [-0.4, -0.2) is 143 Å². The Labute approximate surface area is 395 Å². The summed E-state index contributed by atoms with van der Waals surface area (Å²) in [7, 11) is 0. The Morgan fingerprint density at radius 1 is 0.123 bits per heavy atom. The van der Waals surface area contributed by atoms with Gasteiger partial charge in [0.25, 0.3) is 0 Å². The lowest BCUT2D eigenvalue weighted by atomic mass is 9.81. The molecular formula is C44H28O29. The first-order chi connectivity index (χ1) is 34.0. The number of benzene rings is 8. The van der Waals surface area contributed by atoms with Gasteiger partial charge in [0.15, 0.2) is 103 Å². The van der Waals surface area contributed by atoms with E-state index in [-0.39, 0.29) is 0 Å². The molecule has 378 valence electrons. The first-order valence-electron chi connectivity index (χ1n) is 19.4. The summed E-state index contributed by atoms with van der Waals surface area (Å²) in [6, 6.07) is 0. The van der Waals surface area contributed by atoms with Gasteiger partial charge in [0.05, 0.1) is 33.2 Å². The van der Waals surface area contributed by atoms with Gasteiger partial charge in [-0.15, -0.1) is 0 Å². The molecule has 0 fully saturated rings. The van der Waals surface area contributed by atoms with Crippen LogP contribution in [0.3, 0.4) is 0 Å². The molecule has 29 nitrogen and oxygen atoms in total. The Kier molecular flexibility index (Phi) is 9.25. The van der Waals surface area contributed by atoms with Crippen LogP contribution in [0, 0.1) is 0 Å². The van der Waals surface area contributed by atoms with Crippen molar-refractivity contribution in [2.24, 2.45) is 0 Å². The summed E-state index contributed by atoms with van der Waals surface area (Å²) in [6.45, 7) is 0. The maximum Gasteiger partial charge on any atom is 0.208 e. The van der Waals surface area contributed by atoms with Crippen LogP contribution in [0.5, 0.6) is 161 Å². The largest absolute Gasteiger partial charge is 0.504 e. The highest BCUT2D eigenvalue weighted by Gasteiger charge is 2.41. The van der Waals surface area contributed by atoms with Crippen LogP contribution in [0.1, 0.15) is 0 Å². The summed E-state index contributed by atoms with van der Waals surface area (Å²) in [6.07, 6.45) is 0. The fraction of sp³-hybridized carbons (Fsp3) is 0. The number of phenols is 28. The molecule has 0 aliphatic carbocycles. The van der Waals surface area contributed by atoms with E-state index >= 15 is 0 Å². The average Bonchev–Trinajstić information content (AvgIpc) is 3.76. The fourth-order valence-corrected chi connectivity index (χ4v) is 8.76. The van der Waals surface area contributed by atoms with Gasteiger partial charge >= 0.3 is 0 Å². The topological polar surface area (TPSA) is 580 Å². The maximum absolute atomic E-state index is 11.9. The zero-order valence-corrected chi connectivity index (χ0v) is 34.9. The average molecular weight is 1020 g/mol. The van der Waals surface area contributed by atoms with Gasteiger partial charge in [-0.2, -0.15) is 0 Å². The monoisotopic (exact) mass is 1020 g/mol. The standard InChI is InChI=1S/C44H28O29/c45-15-3-1(7-8-14-30(60)37(67)40(70)42(72)44(14)73-43(8)41(71)38(68)19(7)49)4-6(18(48)34(64)32(62)16(4)46)2(5(3)17(47)33(63)31(15)61)9-20(50)22(52)10(23(53)21(9)51)11-24(54)26(56)12(27(57)25(11)55)13-28(58)35(65)39(69)36(66)29(13)59/h45-72H. The van der Waals surface area contributed by atoms with Gasteiger partial charge in [0.1, 0.15) is 0 Å². The van der Waals surface area contributed by atoms with Crippen LogP contribution in [0.15, 0.2) is 4.42 Å². The van der Waals surface area contributed by atoms with E-state index in [1.807, 2.05) is 0 Å². The van der Waals surface area contributed by atoms with Crippen LogP contribution in [0.2, 0.25) is 0 Å². The van der Waals surface area contributed by atoms with Crippen molar-refractivity contribution in [2.75, 3.05) is 0 Å². The molecule has 0 amide bonds. The van der Waals surface area contributed by atoms with E-state index in [4.69, 9.17) is 4.42 Å². The van der Waals surface area contributed by atoms with E-state index in [0.29, 0.717) is 0 Å². The van der Waals surface area contributed by atoms with E-state index in [0.717, 1.165) is 0 Å². The molecule has 1 heterocycles. The third kappa shape index (κ3) is 5.36. The summed E-state index contributed by atoms with van der Waals surface area (Å²) in [4.78, 5) is 0. The Morgan fingerprint density at radius 2 is 0.288 bits per heavy atom. The second-order valence-corrected chi connectivity index (χ2v) is 15.8. The molecule has 29 heteroatoms. The molecule has 0 radical (unpaired) electrons. The molecule has 9 rings (SSSR count). The normalized spacial score (nSPS) is 11.7. The second kappa shape index (κ2) is 14.5. The molecule has 0 aliphatic heterocycles. The van der Waals surface area contributed by atoms with E-state index in [2.05, 4.69) is 0 Å². The summed E-state index contributed by atoms with van der Waals surface area (Å²) < 4.78 is 5.38. The third-order valence-corrected chi connectivity index (χ3v) is 12.1. The second-order valence-electron chi connectivity index (χ2n) is 15.8. The summed E-state index contributed by atoms with van der Waals surface area (Å²) in [5, 5.41) is 302. The smallest absolute Gasteiger partial charge is 0.208 e. The predicted octanol–water partition coefficient (Wildman–Crippen LogP) is 4.32. The molecule has 8 aromatic carbocycles. The van der Waals surface area contributed by atoms with E-state index in [9.17, 15) is 143 Å². The third-order valence-electron chi connectivity index (χ3n) is 12.1. The lowest BCUT2D eigenvalue weighted by Gasteiger charge is -2.25. The van der Waals surface area contributed by atoms with Gasteiger partial charge in [-0.3, -0.25) is 0 Å². The molecule has 9 aromatic rings. The van der Waals surface area contributed by atoms with Crippen molar-refractivity contribution in [1.82, 2.24) is 0 Å². The molecule has 0 aliphatic rings. The van der Waals surface area contributed by atoms with Crippen molar-refractivity contribution >= 4 is 43.5 Å². The Balaban J connectivity index is 1.51. The van der Waals surface area contributed by atoms with Crippen molar-refractivity contribution in [3.8, 4) is 205 Å². The number of rotatable bonds is 4. The first-order valence-corrected chi connectivity index (χ1v) is 19.4. The fourth-order valence-electron chi connectivity index (χ4n) is 8.76. The molecular weight excluding hydrogens is 992 g/mol. The summed E-state index contributed by atoms with van der Waals surface area (Å²) >= 11 is 0. The Morgan fingerprint density at radius 3 is 0.589 bits per heavy atom. The SMILES string of the molecule is Oc1c(O)c(O)c(-c2c(O)c(O)c(-c3c(O)c(O)c(-c4c5c(O)c(O)c(O)c(O)c5c(-c5c(O)c(O)c(O)c6oc7c(O)c(O)c(O)c(O)c7c56)c5c(O)c(O)c(O)c(O)c45)c(O)c3O)c(O)c2O)c(O)c1O. The molecule has 1 aromatic heterocycles. The van der Waals surface area contributed by atoms with Gasteiger partial charge in [-0.25, -0.2) is 0 Å². The number of aromatic hydroxyl groups is 28. The van der Waals surface area contributed by atoms with E-state index < -0.39 is 249 Å². The highest BCUT2D eigenvalue weighted by Crippen LogP contribution is 2.70. The van der Waals surface area contributed by atoms with Crippen molar-refractivity contribution in [3.63, 3.8) is 0 Å². The highest BCUT2D eigenvalue weighted by atomic mass is 16.4. The lowest BCUT2D eigenvalue weighted by molar-refractivity contribution is 0.329. The molecule has 0 saturated carbocycles. The minimum absolute atomic E-state index is 1.06. The summed E-state index contributed by atoms with van der Waals surface area (Å²) in [5.74, 6) is -48.2. The van der Waals surface area contributed by atoms with Gasteiger partial charge in [-0.05, 0) is 0 Å². The minimum Gasteiger partial charge on any atom is -0.504 e. The van der Waals surface area contributed by atoms with Gasteiger partial charge in [0, 0.05) is 43.6 Å². The molecule has 0 atom stereocenters. The lowest BCUT2D eigenvalue weighted by Crippen LogP contribution is -1.97. The van der Waals surface area contributed by atoms with E-state index in [1.165, 1.54) is 0 Å². The molecule has 0 unspecified atom stereocenters. The molecule has 73 heavy (non-hydrogen) atoms. The van der Waals surface area contributed by atoms with E-state index in [1.54, 1.807) is 0 Å². The number of phenolic OH excluding ortho intramolecular Hbond substituents is 28. The highest BCUT2D eigenvalue weighted by molar-refractivity contribution is 6.34. The van der Waals surface area contributed by atoms with Crippen LogP contribution in [0.25, 0.3) is 88.0 Å². The predicted molar refractivity (Wildman–Crippen MR) is 237 cm³/mol. The Hall–Kier alpha value is -11.5. The number of furan rings is 1. The number of fused-ring (bicyclic) bond motifs is 5.